The van der Waals surface area contributed by atoms with Crippen LogP contribution in [-0.4, -0.2) is 8.42 Å². The van der Waals surface area contributed by atoms with Crippen molar-refractivity contribution in [1.82, 2.24) is 0 Å². The summed E-state index contributed by atoms with van der Waals surface area (Å²) in [7, 11) is -3.77. The van der Waals surface area contributed by atoms with E-state index in [9.17, 15) is 8.42 Å². The zero-order chi connectivity index (χ0) is 18.8. The van der Waals surface area contributed by atoms with Crippen molar-refractivity contribution in [1.29, 1.82) is 0 Å². The summed E-state index contributed by atoms with van der Waals surface area (Å²) in [4.78, 5) is 0.305. The lowest BCUT2D eigenvalue weighted by Crippen LogP contribution is -2.13. The predicted octanol–water partition coefficient (Wildman–Crippen LogP) is 3.93. The third-order valence-electron chi connectivity index (χ3n) is 4.88. The monoisotopic (exact) mass is 360 g/mol. The summed E-state index contributed by atoms with van der Waals surface area (Å²) in [5.41, 5.74) is 17.2. The molecular weight excluding hydrogens is 332 g/mol. The SMILES string of the molecule is CCc1ccc(S(=O)(=O)c2ccc(CC)c(CC)c2N)c(N)c1CC. The number of aryl methyl sites for hydroxylation is 2. The van der Waals surface area contributed by atoms with Gasteiger partial charge in [0.2, 0.25) is 9.84 Å². The molecule has 0 bridgehead atoms. The van der Waals surface area contributed by atoms with Crippen molar-refractivity contribution in [3.8, 4) is 0 Å². The zero-order valence-corrected chi connectivity index (χ0v) is 16.3. The highest BCUT2D eigenvalue weighted by Crippen LogP contribution is 2.35. The summed E-state index contributed by atoms with van der Waals surface area (Å²) in [6.07, 6.45) is 3.04. The van der Waals surface area contributed by atoms with Crippen molar-refractivity contribution in [2.24, 2.45) is 0 Å². The van der Waals surface area contributed by atoms with Crippen LogP contribution in [0.1, 0.15) is 49.9 Å². The number of benzene rings is 2. The third kappa shape index (κ3) is 3.25. The van der Waals surface area contributed by atoms with Gasteiger partial charge in [-0.3, -0.25) is 0 Å². The largest absolute Gasteiger partial charge is 0.397 e. The summed E-state index contributed by atoms with van der Waals surface area (Å²) < 4.78 is 26.5. The Kier molecular flexibility index (Phi) is 5.78. The molecule has 0 amide bonds. The van der Waals surface area contributed by atoms with Crippen molar-refractivity contribution in [3.05, 3.63) is 46.5 Å². The molecule has 2 aromatic rings. The van der Waals surface area contributed by atoms with E-state index >= 15 is 0 Å². The number of nitrogens with two attached hydrogens (primary N) is 2. The van der Waals surface area contributed by atoms with Crippen LogP contribution in [0.4, 0.5) is 11.4 Å². The van der Waals surface area contributed by atoms with Crippen molar-refractivity contribution in [3.63, 3.8) is 0 Å². The van der Waals surface area contributed by atoms with E-state index in [0.717, 1.165) is 35.1 Å². The molecule has 0 saturated heterocycles. The second-order valence-electron chi connectivity index (χ2n) is 6.15. The maximum atomic E-state index is 13.3. The molecule has 2 rings (SSSR count). The van der Waals surface area contributed by atoms with Gasteiger partial charge in [-0.25, -0.2) is 8.42 Å². The molecule has 4 N–H and O–H groups in total. The molecule has 5 heteroatoms. The van der Waals surface area contributed by atoms with Crippen LogP contribution >= 0.6 is 0 Å². The van der Waals surface area contributed by atoms with Gasteiger partial charge in [0.25, 0.3) is 0 Å². The van der Waals surface area contributed by atoms with Gasteiger partial charge in [0.05, 0.1) is 21.2 Å². The van der Waals surface area contributed by atoms with Gasteiger partial charge in [-0.05, 0) is 60.1 Å². The quantitative estimate of drug-likeness (QED) is 0.764. The van der Waals surface area contributed by atoms with E-state index in [1.807, 2.05) is 39.8 Å². The topological polar surface area (TPSA) is 86.2 Å². The maximum absolute atomic E-state index is 13.3. The number of sulfone groups is 1. The molecule has 0 fully saturated rings. The van der Waals surface area contributed by atoms with Crippen LogP contribution < -0.4 is 11.5 Å². The van der Waals surface area contributed by atoms with E-state index in [2.05, 4.69) is 0 Å². The molecule has 25 heavy (non-hydrogen) atoms. The van der Waals surface area contributed by atoms with E-state index < -0.39 is 9.84 Å². The molecular formula is C20H28N2O2S. The minimum absolute atomic E-state index is 0.152. The Hall–Kier alpha value is -2.01. The fraction of sp³-hybridized carbons (Fsp3) is 0.400. The summed E-state index contributed by atoms with van der Waals surface area (Å²) in [6.45, 7) is 8.05. The molecule has 2 aromatic carbocycles. The Labute approximate surface area is 151 Å². The highest BCUT2D eigenvalue weighted by Gasteiger charge is 2.26. The van der Waals surface area contributed by atoms with Crippen LogP contribution in [0.3, 0.4) is 0 Å². The van der Waals surface area contributed by atoms with E-state index in [4.69, 9.17) is 11.5 Å². The molecule has 0 aliphatic heterocycles. The van der Waals surface area contributed by atoms with Crippen molar-refractivity contribution in [2.45, 2.75) is 63.2 Å². The van der Waals surface area contributed by atoms with Crippen LogP contribution in [-0.2, 0) is 35.5 Å². The Morgan fingerprint density at radius 3 is 1.32 bits per heavy atom. The molecule has 0 spiro atoms. The van der Waals surface area contributed by atoms with Crippen LogP contribution in [0.15, 0.2) is 34.1 Å². The summed E-state index contributed by atoms with van der Waals surface area (Å²) in [6, 6.07) is 6.95. The Bertz CT molecular complexity index is 820. The van der Waals surface area contributed by atoms with Gasteiger partial charge in [0.1, 0.15) is 0 Å². The van der Waals surface area contributed by atoms with Gasteiger partial charge in [0.15, 0.2) is 0 Å². The normalized spacial score (nSPS) is 11.7. The van der Waals surface area contributed by atoms with Gasteiger partial charge in [-0.15, -0.1) is 0 Å². The van der Waals surface area contributed by atoms with Gasteiger partial charge >= 0.3 is 0 Å². The van der Waals surface area contributed by atoms with E-state index in [1.165, 1.54) is 0 Å². The summed E-state index contributed by atoms with van der Waals surface area (Å²) in [5.74, 6) is 0. The average molecular weight is 361 g/mol. The number of nitrogen functional groups attached to an aromatic ring is 2. The molecule has 0 aromatic heterocycles. The van der Waals surface area contributed by atoms with Crippen molar-refractivity contribution < 1.29 is 8.42 Å². The first-order valence-corrected chi connectivity index (χ1v) is 10.4. The Balaban J connectivity index is 2.73. The molecule has 0 unspecified atom stereocenters. The fourth-order valence-corrected chi connectivity index (χ4v) is 5.02. The molecule has 136 valence electrons. The van der Waals surface area contributed by atoms with Crippen LogP contribution in [0.2, 0.25) is 0 Å². The highest BCUT2D eigenvalue weighted by molar-refractivity contribution is 7.91. The zero-order valence-electron chi connectivity index (χ0n) is 15.5. The van der Waals surface area contributed by atoms with Crippen molar-refractivity contribution >= 4 is 21.2 Å². The highest BCUT2D eigenvalue weighted by atomic mass is 32.2. The lowest BCUT2D eigenvalue weighted by Gasteiger charge is -2.17. The molecule has 0 aliphatic carbocycles. The predicted molar refractivity (Wildman–Crippen MR) is 105 cm³/mol. The molecule has 0 saturated carbocycles. The minimum Gasteiger partial charge on any atom is -0.397 e. The smallest absolute Gasteiger partial charge is 0.210 e. The van der Waals surface area contributed by atoms with E-state index in [1.54, 1.807) is 12.1 Å². The second kappa shape index (κ2) is 7.48. The number of rotatable bonds is 6. The average Bonchev–Trinajstić information content (AvgIpc) is 2.60. The van der Waals surface area contributed by atoms with Gasteiger partial charge in [0, 0.05) is 0 Å². The van der Waals surface area contributed by atoms with Gasteiger partial charge in [-0.2, -0.15) is 0 Å². The molecule has 4 nitrogen and oxygen atoms in total. The van der Waals surface area contributed by atoms with Crippen LogP contribution in [0, 0.1) is 0 Å². The second-order valence-corrected chi connectivity index (χ2v) is 8.03. The summed E-state index contributed by atoms with van der Waals surface area (Å²) >= 11 is 0. The van der Waals surface area contributed by atoms with Crippen LogP contribution in [0.25, 0.3) is 0 Å². The fourth-order valence-electron chi connectivity index (χ4n) is 3.46. The standard InChI is InChI=1S/C20H28N2O2S/c1-5-13-9-11-17(19(21)15(13)7-3)25(23,24)18-12-10-14(6-2)16(8-4)20(18)22/h9-12H,5-8,21-22H2,1-4H3. The molecule has 0 aliphatic rings. The summed E-state index contributed by atoms with van der Waals surface area (Å²) in [5, 5.41) is 0. The maximum Gasteiger partial charge on any atom is 0.210 e. The number of anilines is 2. The first kappa shape index (κ1) is 19.3. The molecule has 0 radical (unpaired) electrons. The van der Waals surface area contributed by atoms with Gasteiger partial charge in [-0.1, -0.05) is 39.8 Å². The lowest BCUT2D eigenvalue weighted by molar-refractivity contribution is 0.596. The molecule has 0 atom stereocenters. The first-order valence-electron chi connectivity index (χ1n) is 8.88. The Morgan fingerprint density at radius 2 is 1.04 bits per heavy atom. The van der Waals surface area contributed by atoms with E-state index in [-0.39, 0.29) is 9.79 Å². The Morgan fingerprint density at radius 1 is 0.680 bits per heavy atom. The van der Waals surface area contributed by atoms with Gasteiger partial charge < -0.3 is 11.5 Å². The minimum atomic E-state index is -3.77. The van der Waals surface area contributed by atoms with E-state index in [0.29, 0.717) is 24.2 Å². The van der Waals surface area contributed by atoms with Crippen LogP contribution in [0.5, 0.6) is 0 Å². The third-order valence-corrected chi connectivity index (χ3v) is 6.75. The van der Waals surface area contributed by atoms with Crippen molar-refractivity contribution in [2.75, 3.05) is 11.5 Å². The molecule has 0 heterocycles. The first-order chi connectivity index (χ1) is 11.8. The number of hydrogen-bond acceptors (Lipinski definition) is 4. The number of hydrogen-bond donors (Lipinski definition) is 2. The lowest BCUT2D eigenvalue weighted by atomic mass is 10.0.